The van der Waals surface area contributed by atoms with Gasteiger partial charge in [-0.05, 0) is 72.8 Å². The fourth-order valence-electron chi connectivity index (χ4n) is 3.49. The van der Waals surface area contributed by atoms with E-state index in [1.807, 2.05) is 0 Å². The number of nitrogens with two attached hydrogens (primary N) is 2. The number of benzene rings is 4. The molecule has 0 heterocycles. The zero-order valence-corrected chi connectivity index (χ0v) is 26.1. The van der Waals surface area contributed by atoms with E-state index in [2.05, 4.69) is 31.9 Å². The van der Waals surface area contributed by atoms with Crippen molar-refractivity contribution in [1.82, 2.24) is 0 Å². The molecule has 0 radical (unpaired) electrons. The van der Waals surface area contributed by atoms with E-state index in [1.54, 1.807) is 84.9 Å². The Hall–Kier alpha value is -4.40. The molecule has 0 amide bonds. The number of anilines is 2. The first kappa shape index (κ1) is 38.6. The summed E-state index contributed by atoms with van der Waals surface area (Å²) in [4.78, 5) is 46.7. The molecule has 4 aromatic carbocycles. The van der Waals surface area contributed by atoms with Crippen molar-refractivity contribution in [3.8, 4) is 11.5 Å². The molecule has 4 rings (SSSR count). The first-order chi connectivity index (χ1) is 19.0. The Kier molecular flexibility index (Phi) is 15.7. The van der Waals surface area contributed by atoms with Gasteiger partial charge in [-0.15, -0.1) is 0 Å². The molecule has 0 saturated heterocycles. The molecule has 0 saturated carbocycles. The number of ether oxygens (including phenoxy) is 2. The summed E-state index contributed by atoms with van der Waals surface area (Å²) in [5.41, 5.74) is 13.8. The van der Waals surface area contributed by atoms with Gasteiger partial charge in [-0.2, -0.15) is 0 Å². The van der Waals surface area contributed by atoms with E-state index >= 15 is 0 Å². The molecule has 228 valence electrons. The van der Waals surface area contributed by atoms with Gasteiger partial charge in [-0.25, -0.2) is 0 Å². The van der Waals surface area contributed by atoms with Crippen molar-refractivity contribution in [2.75, 3.05) is 11.5 Å². The van der Waals surface area contributed by atoms with Gasteiger partial charge in [-0.1, -0.05) is 44.0 Å². The molecule has 4 aromatic rings. The van der Waals surface area contributed by atoms with Crippen LogP contribution in [0.15, 0.2) is 93.9 Å². The van der Waals surface area contributed by atoms with E-state index in [9.17, 15) is 19.2 Å². The number of halogens is 2. The van der Waals surface area contributed by atoms with E-state index in [0.29, 0.717) is 22.3 Å². The lowest BCUT2D eigenvalue weighted by molar-refractivity contribution is -0.132. The molecule has 0 aliphatic heterocycles. The molecule has 0 spiro atoms. The summed E-state index contributed by atoms with van der Waals surface area (Å²) >= 11 is 6.62. The zero-order chi connectivity index (χ0) is 29.4. The fourth-order valence-corrected chi connectivity index (χ4v) is 4.01. The lowest BCUT2D eigenvalue weighted by Crippen LogP contribution is -2.09. The van der Waals surface area contributed by atoms with Gasteiger partial charge in [0.15, 0.2) is 23.1 Å². The average molecular weight is 722 g/mol. The first-order valence-electron chi connectivity index (χ1n) is 11.7. The van der Waals surface area contributed by atoms with Gasteiger partial charge < -0.3 is 37.4 Å². The minimum Gasteiger partial charge on any atom is -0.424 e. The maximum atomic E-state index is 12.4. The third-order valence-corrected chi connectivity index (χ3v) is 6.40. The number of ketones is 2. The number of para-hydroxylation sites is 2. The predicted molar refractivity (Wildman–Crippen MR) is 170 cm³/mol. The Morgan fingerprint density at radius 1 is 0.535 bits per heavy atom. The molecule has 0 unspecified atom stereocenters. The summed E-state index contributed by atoms with van der Waals surface area (Å²) < 4.78 is 11.7. The number of carbonyl (C=O) groups excluding carboxylic acids is 4. The third-order valence-electron chi connectivity index (χ3n) is 5.34. The van der Waals surface area contributed by atoms with E-state index in [-0.39, 0.29) is 50.9 Å². The summed E-state index contributed by atoms with van der Waals surface area (Å²) in [6, 6.07) is 23.5. The van der Waals surface area contributed by atoms with Crippen LogP contribution in [0.5, 0.6) is 11.5 Å². The molecule has 13 heteroatoms. The van der Waals surface area contributed by atoms with Gasteiger partial charge in [0.25, 0.3) is 0 Å². The Bertz CT molecular complexity index is 1460. The number of esters is 2. The monoisotopic (exact) mass is 720 g/mol. The topological polar surface area (TPSA) is 233 Å². The van der Waals surface area contributed by atoms with Crippen LogP contribution in [0.1, 0.15) is 45.7 Å². The second-order valence-corrected chi connectivity index (χ2v) is 10.1. The Morgan fingerprint density at radius 3 is 1.12 bits per heavy atom. The smallest absolute Gasteiger partial charge is 0.308 e. The second kappa shape index (κ2) is 17.5. The van der Waals surface area contributed by atoms with Gasteiger partial charge in [0, 0.05) is 45.0 Å². The van der Waals surface area contributed by atoms with E-state index in [0.717, 1.165) is 8.95 Å². The van der Waals surface area contributed by atoms with E-state index in [1.165, 1.54) is 13.8 Å². The van der Waals surface area contributed by atoms with Crippen LogP contribution in [0.2, 0.25) is 0 Å². The van der Waals surface area contributed by atoms with Crippen molar-refractivity contribution in [3.05, 3.63) is 116 Å². The minimum atomic E-state index is -0.482. The van der Waals surface area contributed by atoms with Crippen molar-refractivity contribution in [1.29, 1.82) is 0 Å². The third kappa shape index (κ3) is 10.4. The molecule has 0 atom stereocenters. The molecule has 0 aliphatic carbocycles. The standard InChI is InChI=1S/2C15H12BrNO3.3H2O/c2*1-9(18)20-13-4-2-3-12(14(13)17)15(19)10-5-7-11(16)8-6-10;;;/h2*2-8H,17H2,1H3;3*1H2. The van der Waals surface area contributed by atoms with Gasteiger partial charge in [-0.3, -0.25) is 19.2 Å². The lowest BCUT2D eigenvalue weighted by Gasteiger charge is -2.09. The molecule has 0 fully saturated rings. The van der Waals surface area contributed by atoms with Crippen molar-refractivity contribution < 1.29 is 45.1 Å². The summed E-state index contributed by atoms with van der Waals surface area (Å²) in [7, 11) is 0. The van der Waals surface area contributed by atoms with Gasteiger partial charge >= 0.3 is 11.9 Å². The van der Waals surface area contributed by atoms with E-state index < -0.39 is 11.9 Å². The molecular formula is C30H30Br2N2O9. The van der Waals surface area contributed by atoms with Crippen molar-refractivity contribution in [3.63, 3.8) is 0 Å². The highest BCUT2D eigenvalue weighted by atomic mass is 79.9. The van der Waals surface area contributed by atoms with Crippen LogP contribution in [0.25, 0.3) is 0 Å². The summed E-state index contributed by atoms with van der Waals surface area (Å²) in [5.74, 6) is -1.01. The van der Waals surface area contributed by atoms with E-state index in [4.69, 9.17) is 20.9 Å². The minimum absolute atomic E-state index is 0. The van der Waals surface area contributed by atoms with Crippen LogP contribution in [0, 0.1) is 0 Å². The van der Waals surface area contributed by atoms with Crippen molar-refractivity contribution >= 4 is 66.7 Å². The molecule has 0 aliphatic rings. The zero-order valence-electron chi connectivity index (χ0n) is 22.9. The van der Waals surface area contributed by atoms with Crippen LogP contribution in [-0.2, 0) is 9.59 Å². The van der Waals surface area contributed by atoms with Crippen LogP contribution < -0.4 is 20.9 Å². The molecule has 0 bridgehead atoms. The maximum absolute atomic E-state index is 12.4. The SMILES string of the molecule is CC(=O)Oc1cccc(C(=O)c2ccc(Br)cc2)c1N.CC(=O)Oc1cccc(C(=O)c2ccc(Br)cc2)c1N.O.O.O. The van der Waals surface area contributed by atoms with Crippen LogP contribution in [0.3, 0.4) is 0 Å². The maximum Gasteiger partial charge on any atom is 0.308 e. The van der Waals surface area contributed by atoms with Crippen molar-refractivity contribution in [2.45, 2.75) is 13.8 Å². The lowest BCUT2D eigenvalue weighted by atomic mass is 10.0. The molecular weight excluding hydrogens is 692 g/mol. The number of hydrogen-bond donors (Lipinski definition) is 2. The number of carbonyl (C=O) groups is 4. The highest BCUT2D eigenvalue weighted by molar-refractivity contribution is 9.10. The van der Waals surface area contributed by atoms with Crippen LogP contribution >= 0.6 is 31.9 Å². The second-order valence-electron chi connectivity index (χ2n) is 8.29. The molecule has 11 nitrogen and oxygen atoms in total. The predicted octanol–water partition coefficient (Wildman–Crippen LogP) is 3.90. The molecule has 10 N–H and O–H groups in total. The number of nitrogen functional groups attached to an aromatic ring is 2. The Balaban J connectivity index is 0.000000767. The summed E-state index contributed by atoms with van der Waals surface area (Å²) in [6.07, 6.45) is 0. The average Bonchev–Trinajstić information content (AvgIpc) is 2.91. The first-order valence-corrected chi connectivity index (χ1v) is 13.3. The van der Waals surface area contributed by atoms with Crippen LogP contribution in [-0.4, -0.2) is 39.9 Å². The Labute approximate surface area is 264 Å². The normalized spacial score (nSPS) is 9.40. The fraction of sp³-hybridized carbons (Fsp3) is 0.0667. The van der Waals surface area contributed by atoms with Gasteiger partial charge in [0.1, 0.15) is 0 Å². The largest absolute Gasteiger partial charge is 0.424 e. The Morgan fingerprint density at radius 2 is 0.837 bits per heavy atom. The quantitative estimate of drug-likeness (QED) is 0.128. The van der Waals surface area contributed by atoms with Crippen molar-refractivity contribution in [2.24, 2.45) is 0 Å². The highest BCUT2D eigenvalue weighted by Crippen LogP contribution is 2.29. The highest BCUT2D eigenvalue weighted by Gasteiger charge is 2.17. The molecule has 0 aromatic heterocycles. The summed E-state index contributed by atoms with van der Waals surface area (Å²) in [5, 5.41) is 0. The number of rotatable bonds is 6. The van der Waals surface area contributed by atoms with Crippen LogP contribution in [0.4, 0.5) is 11.4 Å². The molecule has 43 heavy (non-hydrogen) atoms. The van der Waals surface area contributed by atoms with Gasteiger partial charge in [0.05, 0.1) is 11.4 Å². The number of hydrogen-bond acceptors (Lipinski definition) is 8. The summed E-state index contributed by atoms with van der Waals surface area (Å²) in [6.45, 7) is 2.56. The van der Waals surface area contributed by atoms with Gasteiger partial charge in [0.2, 0.25) is 0 Å².